The highest BCUT2D eigenvalue weighted by Crippen LogP contribution is 2.36. The number of para-hydroxylation sites is 1. The highest BCUT2D eigenvalue weighted by molar-refractivity contribution is 8.18. The van der Waals surface area contributed by atoms with Crippen molar-refractivity contribution in [1.82, 2.24) is 9.47 Å². The molecule has 0 spiro atoms. The SMILES string of the molecule is CCc1cccc2c(/C=C3\SC(=O)N(Cc4ccccc4)C3=O)cn(Cc3ccc(Cl)cc3Cl)c12. The van der Waals surface area contributed by atoms with Crippen LogP contribution in [0.4, 0.5) is 4.79 Å². The summed E-state index contributed by atoms with van der Waals surface area (Å²) >= 11 is 13.5. The fraction of sp³-hybridized carbons (Fsp3) is 0.143. The van der Waals surface area contributed by atoms with Crippen LogP contribution in [0.2, 0.25) is 10.0 Å². The minimum atomic E-state index is -0.267. The van der Waals surface area contributed by atoms with Crippen molar-refractivity contribution in [2.75, 3.05) is 0 Å². The Morgan fingerprint density at radius 2 is 1.71 bits per heavy atom. The van der Waals surface area contributed by atoms with Crippen molar-refractivity contribution in [3.05, 3.63) is 110 Å². The molecule has 4 nitrogen and oxygen atoms in total. The maximum absolute atomic E-state index is 13.1. The van der Waals surface area contributed by atoms with Gasteiger partial charge in [0.15, 0.2) is 0 Å². The Balaban J connectivity index is 1.53. The lowest BCUT2D eigenvalue weighted by Crippen LogP contribution is -2.27. The summed E-state index contributed by atoms with van der Waals surface area (Å²) in [4.78, 5) is 27.5. The summed E-state index contributed by atoms with van der Waals surface area (Å²) in [5, 5.41) is 1.98. The molecule has 0 atom stereocenters. The molecule has 0 saturated carbocycles. The molecule has 3 aromatic carbocycles. The van der Waals surface area contributed by atoms with Gasteiger partial charge < -0.3 is 4.57 Å². The predicted molar refractivity (Wildman–Crippen MR) is 145 cm³/mol. The zero-order valence-corrected chi connectivity index (χ0v) is 21.3. The lowest BCUT2D eigenvalue weighted by molar-refractivity contribution is -0.123. The molecular weight excluding hydrogens is 499 g/mol. The van der Waals surface area contributed by atoms with Crippen molar-refractivity contribution < 1.29 is 9.59 Å². The van der Waals surface area contributed by atoms with Gasteiger partial charge in [0.25, 0.3) is 11.1 Å². The lowest BCUT2D eigenvalue weighted by atomic mass is 10.1. The van der Waals surface area contributed by atoms with Gasteiger partial charge in [-0.25, -0.2) is 0 Å². The van der Waals surface area contributed by atoms with Gasteiger partial charge in [0.1, 0.15) is 0 Å². The average Bonchev–Trinajstić information content (AvgIpc) is 3.33. The Hall–Kier alpha value is -2.99. The van der Waals surface area contributed by atoms with Crippen molar-refractivity contribution in [1.29, 1.82) is 0 Å². The molecular formula is C28H22Cl2N2O2S. The number of thioether (sulfide) groups is 1. The van der Waals surface area contributed by atoms with Gasteiger partial charge in [0.2, 0.25) is 0 Å². The Morgan fingerprint density at radius 1 is 0.914 bits per heavy atom. The van der Waals surface area contributed by atoms with E-state index >= 15 is 0 Å². The molecule has 0 radical (unpaired) electrons. The average molecular weight is 521 g/mol. The van der Waals surface area contributed by atoms with Gasteiger partial charge in [-0.1, -0.05) is 84.7 Å². The van der Waals surface area contributed by atoms with Crippen molar-refractivity contribution in [3.63, 3.8) is 0 Å². The Bertz CT molecular complexity index is 1480. The number of aromatic nitrogens is 1. The second-order valence-corrected chi connectivity index (χ2v) is 10.2. The van der Waals surface area contributed by atoms with Gasteiger partial charge in [-0.3, -0.25) is 14.5 Å². The van der Waals surface area contributed by atoms with Crippen LogP contribution in [0.25, 0.3) is 17.0 Å². The number of amides is 2. The third-order valence-electron chi connectivity index (χ3n) is 6.09. The van der Waals surface area contributed by atoms with E-state index in [0.29, 0.717) is 21.5 Å². The van der Waals surface area contributed by atoms with E-state index in [4.69, 9.17) is 23.2 Å². The van der Waals surface area contributed by atoms with Crippen LogP contribution in [0.5, 0.6) is 0 Å². The maximum atomic E-state index is 13.1. The summed E-state index contributed by atoms with van der Waals surface area (Å²) in [7, 11) is 0. The number of rotatable bonds is 6. The first-order valence-corrected chi connectivity index (χ1v) is 12.9. The zero-order chi connectivity index (χ0) is 24.5. The van der Waals surface area contributed by atoms with E-state index in [-0.39, 0.29) is 17.7 Å². The van der Waals surface area contributed by atoms with E-state index in [1.54, 1.807) is 6.07 Å². The number of halogens is 2. The summed E-state index contributed by atoms with van der Waals surface area (Å²) in [5.74, 6) is -0.267. The molecule has 2 heterocycles. The number of carbonyl (C=O) groups excluding carboxylic acids is 2. The minimum absolute atomic E-state index is 0.254. The molecule has 4 aromatic rings. The largest absolute Gasteiger partial charge is 0.342 e. The van der Waals surface area contributed by atoms with Crippen molar-refractivity contribution in [3.8, 4) is 0 Å². The Morgan fingerprint density at radius 3 is 2.46 bits per heavy atom. The molecule has 1 saturated heterocycles. The van der Waals surface area contributed by atoms with Gasteiger partial charge in [-0.05, 0) is 53.1 Å². The maximum Gasteiger partial charge on any atom is 0.293 e. The minimum Gasteiger partial charge on any atom is -0.342 e. The van der Waals surface area contributed by atoms with Crippen molar-refractivity contribution in [2.24, 2.45) is 0 Å². The van der Waals surface area contributed by atoms with Crippen LogP contribution in [0, 0.1) is 0 Å². The molecule has 1 aliphatic rings. The van der Waals surface area contributed by atoms with E-state index in [9.17, 15) is 9.59 Å². The van der Waals surface area contributed by atoms with Gasteiger partial charge in [0, 0.05) is 33.7 Å². The zero-order valence-electron chi connectivity index (χ0n) is 19.0. The van der Waals surface area contributed by atoms with E-state index in [1.165, 1.54) is 10.5 Å². The normalized spacial score (nSPS) is 15.1. The number of aryl methyl sites for hydroxylation is 1. The Labute approximate surface area is 218 Å². The Kier molecular flexibility index (Phi) is 6.74. The summed E-state index contributed by atoms with van der Waals surface area (Å²) in [5.41, 5.74) is 5.06. The van der Waals surface area contributed by atoms with Crippen LogP contribution in [0.15, 0.2) is 77.8 Å². The van der Waals surface area contributed by atoms with E-state index < -0.39 is 0 Å². The predicted octanol–water partition coefficient (Wildman–Crippen LogP) is 7.80. The monoisotopic (exact) mass is 520 g/mol. The number of nitrogens with zero attached hydrogens (tertiary/aromatic N) is 2. The molecule has 1 fully saturated rings. The first-order chi connectivity index (χ1) is 16.9. The summed E-state index contributed by atoms with van der Waals surface area (Å²) in [6, 6.07) is 21.2. The molecule has 1 aromatic heterocycles. The topological polar surface area (TPSA) is 42.3 Å². The second-order valence-electron chi connectivity index (χ2n) is 8.37. The molecule has 7 heteroatoms. The van der Waals surface area contributed by atoms with Gasteiger partial charge in [0.05, 0.1) is 17.0 Å². The van der Waals surface area contributed by atoms with Gasteiger partial charge in [-0.15, -0.1) is 0 Å². The summed E-state index contributed by atoms with van der Waals surface area (Å²) in [6.07, 6.45) is 4.72. The molecule has 35 heavy (non-hydrogen) atoms. The highest BCUT2D eigenvalue weighted by Gasteiger charge is 2.35. The lowest BCUT2D eigenvalue weighted by Gasteiger charge is -2.12. The molecule has 176 valence electrons. The number of hydrogen-bond donors (Lipinski definition) is 0. The third kappa shape index (κ3) is 4.76. The number of fused-ring (bicyclic) bond motifs is 1. The van der Waals surface area contributed by atoms with Crippen LogP contribution in [0.1, 0.15) is 29.2 Å². The fourth-order valence-corrected chi connectivity index (χ4v) is 5.66. The van der Waals surface area contributed by atoms with Crippen molar-refractivity contribution >= 4 is 63.1 Å². The molecule has 0 N–H and O–H groups in total. The molecule has 1 aliphatic heterocycles. The number of imide groups is 1. The van der Waals surface area contributed by atoms with Gasteiger partial charge >= 0.3 is 0 Å². The standard InChI is InChI=1S/C28H22Cl2N2O2S/c1-2-19-9-6-10-23-21(17-31(26(19)23)16-20-11-12-22(29)14-24(20)30)13-25-27(33)32(28(34)35-25)15-18-7-4-3-5-8-18/h3-14,17H,2,15-16H2,1H3/b25-13-. The summed E-state index contributed by atoms with van der Waals surface area (Å²) in [6.45, 7) is 2.95. The molecule has 2 amide bonds. The number of hydrogen-bond acceptors (Lipinski definition) is 3. The van der Waals surface area contributed by atoms with Crippen LogP contribution in [-0.4, -0.2) is 20.6 Å². The third-order valence-corrected chi connectivity index (χ3v) is 7.59. The van der Waals surface area contributed by atoms with Crippen molar-refractivity contribution in [2.45, 2.75) is 26.4 Å². The number of benzene rings is 3. The van der Waals surface area contributed by atoms with Crippen LogP contribution < -0.4 is 0 Å². The fourth-order valence-electron chi connectivity index (χ4n) is 4.37. The highest BCUT2D eigenvalue weighted by atomic mass is 35.5. The van der Waals surface area contributed by atoms with Crippen LogP contribution in [0.3, 0.4) is 0 Å². The van der Waals surface area contributed by atoms with Gasteiger partial charge in [-0.2, -0.15) is 0 Å². The van der Waals surface area contributed by atoms with E-state index in [2.05, 4.69) is 23.6 Å². The first-order valence-electron chi connectivity index (χ1n) is 11.3. The van der Waals surface area contributed by atoms with Crippen LogP contribution >= 0.6 is 35.0 Å². The molecule has 0 aliphatic carbocycles. The quantitative estimate of drug-likeness (QED) is 0.243. The number of carbonyl (C=O) groups is 2. The molecule has 0 bridgehead atoms. The second kappa shape index (κ2) is 9.94. The van der Waals surface area contributed by atoms with Crippen LogP contribution in [-0.2, 0) is 24.3 Å². The molecule has 0 unspecified atom stereocenters. The summed E-state index contributed by atoms with van der Waals surface area (Å²) < 4.78 is 2.16. The first kappa shape index (κ1) is 23.7. The van der Waals surface area contributed by atoms with E-state index in [1.807, 2.05) is 60.8 Å². The smallest absolute Gasteiger partial charge is 0.293 e. The van der Waals surface area contributed by atoms with E-state index in [0.717, 1.165) is 45.8 Å². The molecule has 5 rings (SSSR count).